The van der Waals surface area contributed by atoms with Gasteiger partial charge in [-0.3, -0.25) is 14.5 Å². The van der Waals surface area contributed by atoms with E-state index < -0.39 is 0 Å². The Balaban J connectivity index is 1.53. The standard InChI is InChI=1S/C22H15BrFNO3S/c1-13-10-15(4-8-18(13)23)19-9-7-17(28-19)11-20-21(26)25(22(27)29-20)12-14-2-5-16(24)6-3-14/h2-11H,12H2,1H3/b20-11-. The van der Waals surface area contributed by atoms with Gasteiger partial charge in [0.15, 0.2) is 0 Å². The topological polar surface area (TPSA) is 50.5 Å². The van der Waals surface area contributed by atoms with E-state index in [0.29, 0.717) is 22.0 Å². The molecule has 2 amide bonds. The molecule has 0 radical (unpaired) electrons. The summed E-state index contributed by atoms with van der Waals surface area (Å²) < 4.78 is 19.9. The summed E-state index contributed by atoms with van der Waals surface area (Å²) in [6.07, 6.45) is 1.57. The second-order valence-corrected chi connectivity index (χ2v) is 8.41. The number of imide groups is 1. The fourth-order valence-corrected chi connectivity index (χ4v) is 3.99. The lowest BCUT2D eigenvalue weighted by Gasteiger charge is -2.12. The van der Waals surface area contributed by atoms with Gasteiger partial charge in [0.1, 0.15) is 17.3 Å². The molecule has 1 aliphatic rings. The summed E-state index contributed by atoms with van der Waals surface area (Å²) in [4.78, 5) is 26.4. The van der Waals surface area contributed by atoms with E-state index in [1.54, 1.807) is 24.3 Å². The number of thioether (sulfide) groups is 1. The summed E-state index contributed by atoms with van der Waals surface area (Å²) in [5.41, 5.74) is 2.69. The summed E-state index contributed by atoms with van der Waals surface area (Å²) in [6.45, 7) is 2.10. The van der Waals surface area contributed by atoms with Crippen LogP contribution in [0.2, 0.25) is 0 Å². The summed E-state index contributed by atoms with van der Waals surface area (Å²) in [5.74, 6) is 0.421. The van der Waals surface area contributed by atoms with Crippen LogP contribution >= 0.6 is 27.7 Å². The van der Waals surface area contributed by atoms with E-state index in [4.69, 9.17) is 4.42 Å². The van der Waals surface area contributed by atoms with Crippen molar-refractivity contribution in [3.8, 4) is 11.3 Å². The number of benzene rings is 2. The molecular formula is C22H15BrFNO3S. The van der Waals surface area contributed by atoms with Crippen LogP contribution in [0.15, 0.2) is 68.4 Å². The second-order valence-electron chi connectivity index (χ2n) is 6.56. The van der Waals surface area contributed by atoms with Crippen molar-refractivity contribution >= 4 is 44.9 Å². The van der Waals surface area contributed by atoms with E-state index >= 15 is 0 Å². The highest BCUT2D eigenvalue weighted by atomic mass is 79.9. The molecule has 2 aromatic carbocycles. The van der Waals surface area contributed by atoms with Crippen LogP contribution in [0, 0.1) is 12.7 Å². The van der Waals surface area contributed by atoms with Crippen molar-refractivity contribution in [2.75, 3.05) is 0 Å². The maximum atomic E-state index is 13.1. The molecule has 4 rings (SSSR count). The molecule has 29 heavy (non-hydrogen) atoms. The molecule has 0 aliphatic carbocycles. The molecule has 1 saturated heterocycles. The number of rotatable bonds is 4. The molecular weight excluding hydrogens is 457 g/mol. The minimum absolute atomic E-state index is 0.101. The number of halogens is 2. The molecule has 1 aromatic heterocycles. The average Bonchev–Trinajstić information content (AvgIpc) is 3.26. The number of furan rings is 1. The van der Waals surface area contributed by atoms with Gasteiger partial charge in [-0.25, -0.2) is 4.39 Å². The molecule has 1 aliphatic heterocycles. The average molecular weight is 472 g/mol. The van der Waals surface area contributed by atoms with Gasteiger partial charge in [-0.05, 0) is 66.2 Å². The van der Waals surface area contributed by atoms with Crippen molar-refractivity contribution in [2.24, 2.45) is 0 Å². The summed E-state index contributed by atoms with van der Waals surface area (Å²) >= 11 is 4.34. The fraction of sp³-hybridized carbons (Fsp3) is 0.0909. The molecule has 0 N–H and O–H groups in total. The Kier molecular flexibility index (Phi) is 5.43. The first kappa shape index (κ1) is 19.7. The summed E-state index contributed by atoms with van der Waals surface area (Å²) in [6, 6.07) is 15.2. The summed E-state index contributed by atoms with van der Waals surface area (Å²) in [5, 5.41) is -0.360. The predicted octanol–water partition coefficient (Wildman–Crippen LogP) is 6.39. The van der Waals surface area contributed by atoms with Gasteiger partial charge in [-0.15, -0.1) is 0 Å². The number of hydrogen-bond donors (Lipinski definition) is 0. The molecule has 1 fully saturated rings. The largest absolute Gasteiger partial charge is 0.457 e. The molecule has 0 spiro atoms. The summed E-state index contributed by atoms with van der Waals surface area (Å²) in [7, 11) is 0. The van der Waals surface area contributed by atoms with Gasteiger partial charge in [0.2, 0.25) is 0 Å². The number of nitrogens with zero attached hydrogens (tertiary/aromatic N) is 1. The van der Waals surface area contributed by atoms with Gasteiger partial charge in [-0.1, -0.05) is 34.1 Å². The second kappa shape index (κ2) is 8.00. The van der Waals surface area contributed by atoms with Gasteiger partial charge in [0.05, 0.1) is 11.4 Å². The van der Waals surface area contributed by atoms with Crippen molar-refractivity contribution in [3.63, 3.8) is 0 Å². The Labute approximate surface area is 179 Å². The van der Waals surface area contributed by atoms with Crippen molar-refractivity contribution in [1.82, 2.24) is 4.90 Å². The molecule has 0 saturated carbocycles. The monoisotopic (exact) mass is 471 g/mol. The Morgan fingerprint density at radius 1 is 1.10 bits per heavy atom. The first-order valence-electron chi connectivity index (χ1n) is 8.77. The molecule has 0 bridgehead atoms. The minimum Gasteiger partial charge on any atom is -0.457 e. The van der Waals surface area contributed by atoms with Gasteiger partial charge in [0.25, 0.3) is 11.1 Å². The Bertz CT molecular complexity index is 1140. The lowest BCUT2D eigenvalue weighted by molar-refractivity contribution is -0.123. The minimum atomic E-state index is -0.387. The van der Waals surface area contributed by atoms with Crippen LogP contribution in [-0.4, -0.2) is 16.0 Å². The van der Waals surface area contributed by atoms with Gasteiger partial charge in [0, 0.05) is 16.1 Å². The highest BCUT2D eigenvalue weighted by molar-refractivity contribution is 9.10. The molecule has 4 nitrogen and oxygen atoms in total. The Morgan fingerprint density at radius 2 is 1.86 bits per heavy atom. The SMILES string of the molecule is Cc1cc(-c2ccc(/C=C3\SC(=O)N(Cc4ccc(F)cc4)C3=O)o2)ccc1Br. The van der Waals surface area contributed by atoms with Crippen molar-refractivity contribution in [3.05, 3.63) is 86.7 Å². The molecule has 3 aromatic rings. The van der Waals surface area contributed by atoms with Gasteiger partial charge in [-0.2, -0.15) is 0 Å². The number of amides is 2. The van der Waals surface area contributed by atoms with E-state index in [1.165, 1.54) is 12.1 Å². The van der Waals surface area contributed by atoms with Gasteiger partial charge >= 0.3 is 0 Å². The Hall–Kier alpha value is -2.64. The highest BCUT2D eigenvalue weighted by Crippen LogP contribution is 2.34. The van der Waals surface area contributed by atoms with E-state index in [-0.39, 0.29) is 23.5 Å². The first-order chi connectivity index (χ1) is 13.9. The zero-order valence-electron chi connectivity index (χ0n) is 15.3. The zero-order valence-corrected chi connectivity index (χ0v) is 17.7. The Morgan fingerprint density at radius 3 is 2.59 bits per heavy atom. The van der Waals surface area contributed by atoms with Crippen LogP contribution in [-0.2, 0) is 11.3 Å². The van der Waals surface area contributed by atoms with Crippen molar-refractivity contribution in [1.29, 1.82) is 0 Å². The maximum absolute atomic E-state index is 13.1. The molecule has 0 unspecified atom stereocenters. The normalized spacial score (nSPS) is 15.6. The molecule has 0 atom stereocenters. The van der Waals surface area contributed by atoms with E-state index in [9.17, 15) is 14.0 Å². The van der Waals surface area contributed by atoms with Crippen LogP contribution in [0.3, 0.4) is 0 Å². The smallest absolute Gasteiger partial charge is 0.293 e. The fourth-order valence-electron chi connectivity index (χ4n) is 2.92. The molecule has 7 heteroatoms. The van der Waals surface area contributed by atoms with Gasteiger partial charge < -0.3 is 4.42 Å². The third kappa shape index (κ3) is 4.21. The van der Waals surface area contributed by atoms with E-state index in [2.05, 4.69) is 15.9 Å². The van der Waals surface area contributed by atoms with Crippen LogP contribution < -0.4 is 0 Å². The van der Waals surface area contributed by atoms with Crippen LogP contribution in [0.25, 0.3) is 17.4 Å². The third-order valence-corrected chi connectivity index (χ3v) is 6.27. The third-order valence-electron chi connectivity index (χ3n) is 4.47. The highest BCUT2D eigenvalue weighted by Gasteiger charge is 2.35. The van der Waals surface area contributed by atoms with E-state index in [1.807, 2.05) is 31.2 Å². The lowest BCUT2D eigenvalue weighted by Crippen LogP contribution is -2.27. The van der Waals surface area contributed by atoms with E-state index in [0.717, 1.165) is 32.3 Å². The van der Waals surface area contributed by atoms with Crippen molar-refractivity contribution in [2.45, 2.75) is 13.5 Å². The number of hydrogen-bond acceptors (Lipinski definition) is 4. The quantitative estimate of drug-likeness (QED) is 0.413. The lowest BCUT2D eigenvalue weighted by atomic mass is 10.1. The predicted molar refractivity (Wildman–Crippen MR) is 114 cm³/mol. The molecule has 146 valence electrons. The van der Waals surface area contributed by atoms with Crippen LogP contribution in [0.5, 0.6) is 0 Å². The first-order valence-corrected chi connectivity index (χ1v) is 10.4. The van der Waals surface area contributed by atoms with Crippen LogP contribution in [0.1, 0.15) is 16.9 Å². The molecule has 2 heterocycles. The zero-order chi connectivity index (χ0) is 20.5. The van der Waals surface area contributed by atoms with Crippen LogP contribution in [0.4, 0.5) is 9.18 Å². The number of aryl methyl sites for hydroxylation is 1. The number of carbonyl (C=O) groups is 2. The maximum Gasteiger partial charge on any atom is 0.293 e. The number of carbonyl (C=O) groups excluding carboxylic acids is 2. The van der Waals surface area contributed by atoms with Crippen molar-refractivity contribution < 1.29 is 18.4 Å².